The summed E-state index contributed by atoms with van der Waals surface area (Å²) in [5, 5.41) is 0. The summed E-state index contributed by atoms with van der Waals surface area (Å²) in [6.45, 7) is 5.37. The lowest BCUT2D eigenvalue weighted by atomic mass is 10.2. The second-order valence-corrected chi connectivity index (χ2v) is 3.80. The maximum Gasteiger partial charge on any atom is 0.129 e. The third-order valence-corrected chi connectivity index (χ3v) is 2.04. The van der Waals surface area contributed by atoms with Crippen molar-refractivity contribution in [3.8, 4) is 0 Å². The van der Waals surface area contributed by atoms with E-state index in [4.69, 9.17) is 11.5 Å². The Bertz CT molecular complexity index is 121. The van der Waals surface area contributed by atoms with Gasteiger partial charge < -0.3 is 16.3 Å². The highest BCUT2D eigenvalue weighted by Gasteiger charge is 1.87. The summed E-state index contributed by atoms with van der Waals surface area (Å²) in [7, 11) is 0. The molecular formula is C12H28N2O. The number of hydrogen-bond donors (Lipinski definition) is 2. The standard InChI is InChI=1S/C6H16N2.C6H12O/c7-5-3-1-2-4-6-8;1-3-4-5-6(2)7/h1-8H2;3-5H2,1-2H3. The molecule has 0 saturated heterocycles. The molecule has 0 heterocycles. The molecule has 15 heavy (non-hydrogen) atoms. The van der Waals surface area contributed by atoms with Crippen LogP contribution in [0.1, 0.15) is 58.8 Å². The van der Waals surface area contributed by atoms with E-state index in [9.17, 15) is 4.79 Å². The molecule has 4 N–H and O–H groups in total. The number of unbranched alkanes of at least 4 members (excludes halogenated alkanes) is 4. The fourth-order valence-electron chi connectivity index (χ4n) is 1.07. The van der Waals surface area contributed by atoms with E-state index in [1.54, 1.807) is 6.92 Å². The maximum atomic E-state index is 10.2. The number of Topliss-reactive ketones (excluding diaryl/α,β-unsaturated/α-hetero) is 1. The molecule has 0 aliphatic heterocycles. The lowest BCUT2D eigenvalue weighted by Gasteiger charge is -1.94. The minimum absolute atomic E-state index is 0.307. The number of carbonyl (C=O) groups excluding carboxylic acids is 1. The van der Waals surface area contributed by atoms with Crippen molar-refractivity contribution in [2.75, 3.05) is 13.1 Å². The minimum atomic E-state index is 0.307. The normalized spacial score (nSPS) is 9.33. The van der Waals surface area contributed by atoms with E-state index >= 15 is 0 Å². The van der Waals surface area contributed by atoms with Gasteiger partial charge in [0.05, 0.1) is 0 Å². The summed E-state index contributed by atoms with van der Waals surface area (Å²) in [5.74, 6) is 0.307. The first-order chi connectivity index (χ1) is 7.18. The highest BCUT2D eigenvalue weighted by Crippen LogP contribution is 1.95. The van der Waals surface area contributed by atoms with Crippen molar-refractivity contribution in [2.24, 2.45) is 11.5 Å². The van der Waals surface area contributed by atoms with Crippen LogP contribution in [0.5, 0.6) is 0 Å². The van der Waals surface area contributed by atoms with Gasteiger partial charge >= 0.3 is 0 Å². The molecule has 0 atom stereocenters. The topological polar surface area (TPSA) is 69.1 Å². The van der Waals surface area contributed by atoms with E-state index < -0.39 is 0 Å². The number of ketones is 1. The van der Waals surface area contributed by atoms with Crippen LogP contribution in [-0.4, -0.2) is 18.9 Å². The Morgan fingerprint density at radius 2 is 1.40 bits per heavy atom. The molecule has 0 aromatic carbocycles. The first-order valence-electron chi connectivity index (χ1n) is 6.08. The summed E-state index contributed by atoms with van der Waals surface area (Å²) in [5.41, 5.74) is 10.6. The molecule has 0 spiro atoms. The smallest absolute Gasteiger partial charge is 0.129 e. The van der Waals surface area contributed by atoms with Crippen LogP contribution in [0.25, 0.3) is 0 Å². The van der Waals surface area contributed by atoms with Crippen molar-refractivity contribution in [2.45, 2.75) is 58.8 Å². The molecule has 0 aliphatic carbocycles. The van der Waals surface area contributed by atoms with Gasteiger partial charge in [-0.05, 0) is 39.3 Å². The van der Waals surface area contributed by atoms with Crippen LogP contribution >= 0.6 is 0 Å². The van der Waals surface area contributed by atoms with Gasteiger partial charge in [0.15, 0.2) is 0 Å². The van der Waals surface area contributed by atoms with E-state index in [0.29, 0.717) is 5.78 Å². The molecule has 0 aromatic rings. The SMILES string of the molecule is CCCCC(C)=O.NCCCCCCN. The van der Waals surface area contributed by atoms with Gasteiger partial charge in [0.1, 0.15) is 5.78 Å². The molecule has 0 rings (SSSR count). The Labute approximate surface area is 94.6 Å². The third kappa shape index (κ3) is 24.7. The van der Waals surface area contributed by atoms with Crippen LogP contribution in [0.2, 0.25) is 0 Å². The number of rotatable bonds is 8. The minimum Gasteiger partial charge on any atom is -0.330 e. The fraction of sp³-hybridized carbons (Fsp3) is 0.917. The zero-order valence-electron chi connectivity index (χ0n) is 10.4. The largest absolute Gasteiger partial charge is 0.330 e. The van der Waals surface area contributed by atoms with E-state index in [2.05, 4.69) is 6.92 Å². The van der Waals surface area contributed by atoms with Crippen LogP contribution < -0.4 is 11.5 Å². The predicted octanol–water partition coefficient (Wildman–Crippen LogP) is 2.23. The molecule has 0 unspecified atom stereocenters. The van der Waals surface area contributed by atoms with Crippen molar-refractivity contribution in [1.29, 1.82) is 0 Å². The average molecular weight is 216 g/mol. The van der Waals surface area contributed by atoms with E-state index in [1.807, 2.05) is 0 Å². The number of nitrogens with two attached hydrogens (primary N) is 2. The summed E-state index contributed by atoms with van der Waals surface area (Å²) in [4.78, 5) is 10.2. The van der Waals surface area contributed by atoms with Crippen LogP contribution in [-0.2, 0) is 4.79 Å². The quantitative estimate of drug-likeness (QED) is 0.611. The second kappa shape index (κ2) is 16.0. The van der Waals surface area contributed by atoms with Gasteiger partial charge in [-0.25, -0.2) is 0 Å². The molecule has 3 heteroatoms. The Balaban J connectivity index is 0. The summed E-state index contributed by atoms with van der Waals surface area (Å²) >= 11 is 0. The summed E-state index contributed by atoms with van der Waals surface area (Å²) in [6, 6.07) is 0. The molecule has 0 fully saturated rings. The van der Waals surface area contributed by atoms with Crippen LogP contribution in [0.4, 0.5) is 0 Å². The lowest BCUT2D eigenvalue weighted by molar-refractivity contribution is -0.117. The molecule has 0 aliphatic rings. The van der Waals surface area contributed by atoms with Gasteiger partial charge in [0, 0.05) is 6.42 Å². The monoisotopic (exact) mass is 216 g/mol. The average Bonchev–Trinajstić information content (AvgIpc) is 2.22. The molecule has 0 bridgehead atoms. The summed E-state index contributed by atoms with van der Waals surface area (Å²) in [6.07, 6.45) is 7.73. The van der Waals surface area contributed by atoms with E-state index in [0.717, 1.165) is 45.2 Å². The Morgan fingerprint density at radius 3 is 1.60 bits per heavy atom. The third-order valence-electron chi connectivity index (χ3n) is 2.04. The van der Waals surface area contributed by atoms with Crippen molar-refractivity contribution in [3.63, 3.8) is 0 Å². The van der Waals surface area contributed by atoms with Crippen LogP contribution in [0.3, 0.4) is 0 Å². The van der Waals surface area contributed by atoms with Gasteiger partial charge in [-0.2, -0.15) is 0 Å². The van der Waals surface area contributed by atoms with E-state index in [-0.39, 0.29) is 0 Å². The lowest BCUT2D eigenvalue weighted by Crippen LogP contribution is -2.00. The second-order valence-electron chi connectivity index (χ2n) is 3.80. The summed E-state index contributed by atoms with van der Waals surface area (Å²) < 4.78 is 0. The number of hydrogen-bond acceptors (Lipinski definition) is 3. The van der Waals surface area contributed by atoms with Crippen molar-refractivity contribution >= 4 is 5.78 Å². The van der Waals surface area contributed by atoms with Crippen molar-refractivity contribution in [1.82, 2.24) is 0 Å². The fourth-order valence-corrected chi connectivity index (χ4v) is 1.07. The molecule has 0 radical (unpaired) electrons. The van der Waals surface area contributed by atoms with Gasteiger partial charge in [-0.3, -0.25) is 0 Å². The Morgan fingerprint density at radius 1 is 0.933 bits per heavy atom. The highest BCUT2D eigenvalue weighted by molar-refractivity contribution is 5.75. The van der Waals surface area contributed by atoms with Gasteiger partial charge in [-0.15, -0.1) is 0 Å². The number of carbonyl (C=O) groups is 1. The molecule has 0 saturated carbocycles. The maximum absolute atomic E-state index is 10.2. The molecule has 0 amide bonds. The van der Waals surface area contributed by atoms with Crippen LogP contribution in [0, 0.1) is 0 Å². The van der Waals surface area contributed by atoms with Crippen LogP contribution in [0.15, 0.2) is 0 Å². The molecular weight excluding hydrogens is 188 g/mol. The van der Waals surface area contributed by atoms with Crippen molar-refractivity contribution < 1.29 is 4.79 Å². The Hall–Kier alpha value is -0.410. The van der Waals surface area contributed by atoms with Gasteiger partial charge in [0.2, 0.25) is 0 Å². The zero-order chi connectivity index (χ0) is 11.9. The molecule has 0 aromatic heterocycles. The van der Waals surface area contributed by atoms with Crippen molar-refractivity contribution in [3.05, 3.63) is 0 Å². The zero-order valence-corrected chi connectivity index (χ0v) is 10.4. The predicted molar refractivity (Wildman–Crippen MR) is 66.8 cm³/mol. The van der Waals surface area contributed by atoms with Gasteiger partial charge in [0.25, 0.3) is 0 Å². The highest BCUT2D eigenvalue weighted by atomic mass is 16.1. The van der Waals surface area contributed by atoms with Gasteiger partial charge in [-0.1, -0.05) is 26.2 Å². The van der Waals surface area contributed by atoms with E-state index in [1.165, 1.54) is 12.8 Å². The molecule has 92 valence electrons. The first kappa shape index (κ1) is 17.0. The first-order valence-corrected chi connectivity index (χ1v) is 6.08. The Kier molecular flexibility index (Phi) is 18.2. The molecule has 3 nitrogen and oxygen atoms in total.